The lowest BCUT2D eigenvalue weighted by atomic mass is 9.99. The van der Waals surface area contributed by atoms with Gasteiger partial charge in [0.15, 0.2) is 0 Å². The molecular formula is C16H26N2O. The molecule has 1 amide bonds. The summed E-state index contributed by atoms with van der Waals surface area (Å²) in [6.07, 6.45) is 1.95. The molecule has 2 atom stereocenters. The van der Waals surface area contributed by atoms with Crippen LogP contribution in [0.15, 0.2) is 24.3 Å². The maximum atomic E-state index is 12.3. The first kappa shape index (κ1) is 15.7. The molecule has 0 heterocycles. The normalized spacial score (nSPS) is 13.9. The molecule has 3 heteroatoms. The number of hydrogen-bond donors (Lipinski definition) is 2. The monoisotopic (exact) mass is 262 g/mol. The van der Waals surface area contributed by atoms with Gasteiger partial charge in [0.2, 0.25) is 0 Å². The van der Waals surface area contributed by atoms with E-state index in [1.165, 1.54) is 0 Å². The molecule has 1 rings (SSSR count). The van der Waals surface area contributed by atoms with Crippen molar-refractivity contribution >= 4 is 5.91 Å². The van der Waals surface area contributed by atoms with Crippen molar-refractivity contribution < 1.29 is 4.79 Å². The fourth-order valence-corrected chi connectivity index (χ4v) is 2.00. The fourth-order valence-electron chi connectivity index (χ4n) is 2.00. The zero-order valence-electron chi connectivity index (χ0n) is 12.5. The molecule has 0 aromatic heterocycles. The summed E-state index contributed by atoms with van der Waals surface area (Å²) in [5.74, 6) is 0.535. The molecule has 0 saturated heterocycles. The summed E-state index contributed by atoms with van der Waals surface area (Å²) in [4.78, 5) is 12.3. The molecule has 0 spiro atoms. The number of nitrogens with one attached hydrogen (secondary N) is 2. The number of rotatable bonds is 7. The predicted molar refractivity (Wildman–Crippen MR) is 80.5 cm³/mol. The average Bonchev–Trinajstić information content (AvgIpc) is 2.44. The van der Waals surface area contributed by atoms with E-state index in [0.717, 1.165) is 30.5 Å². The van der Waals surface area contributed by atoms with Gasteiger partial charge in [0.25, 0.3) is 5.91 Å². The Morgan fingerprint density at radius 2 is 1.95 bits per heavy atom. The second-order valence-electron chi connectivity index (χ2n) is 5.16. The Morgan fingerprint density at radius 3 is 2.58 bits per heavy atom. The summed E-state index contributed by atoms with van der Waals surface area (Å²) in [5.41, 5.74) is 1.90. The van der Waals surface area contributed by atoms with E-state index >= 15 is 0 Å². The first-order valence-electron chi connectivity index (χ1n) is 7.13. The minimum absolute atomic E-state index is 0.0412. The van der Waals surface area contributed by atoms with Crippen LogP contribution in [0.4, 0.5) is 0 Å². The van der Waals surface area contributed by atoms with E-state index in [2.05, 4.69) is 31.4 Å². The molecule has 19 heavy (non-hydrogen) atoms. The first-order valence-corrected chi connectivity index (χ1v) is 7.13. The van der Waals surface area contributed by atoms with Crippen molar-refractivity contribution in [2.24, 2.45) is 5.92 Å². The van der Waals surface area contributed by atoms with Crippen LogP contribution in [-0.2, 0) is 6.42 Å². The van der Waals surface area contributed by atoms with Crippen LogP contribution in [0.1, 0.15) is 43.1 Å². The molecule has 0 fully saturated rings. The van der Waals surface area contributed by atoms with Gasteiger partial charge in [-0.25, -0.2) is 0 Å². The first-order chi connectivity index (χ1) is 9.10. The van der Waals surface area contributed by atoms with E-state index in [4.69, 9.17) is 0 Å². The van der Waals surface area contributed by atoms with Crippen molar-refractivity contribution in [3.63, 3.8) is 0 Å². The van der Waals surface area contributed by atoms with Crippen LogP contribution in [0, 0.1) is 5.92 Å². The summed E-state index contributed by atoms with van der Waals surface area (Å²) in [6.45, 7) is 7.26. The molecule has 3 nitrogen and oxygen atoms in total. The van der Waals surface area contributed by atoms with Crippen molar-refractivity contribution in [3.05, 3.63) is 35.4 Å². The number of benzene rings is 1. The van der Waals surface area contributed by atoms with Gasteiger partial charge in [-0.3, -0.25) is 4.79 Å². The van der Waals surface area contributed by atoms with E-state index in [9.17, 15) is 4.79 Å². The quantitative estimate of drug-likeness (QED) is 0.793. The van der Waals surface area contributed by atoms with Crippen LogP contribution < -0.4 is 10.6 Å². The minimum atomic E-state index is 0.0412. The Hall–Kier alpha value is -1.35. The zero-order chi connectivity index (χ0) is 14.3. The van der Waals surface area contributed by atoms with E-state index < -0.39 is 0 Å². The molecule has 0 radical (unpaired) electrons. The lowest BCUT2D eigenvalue weighted by molar-refractivity contribution is 0.0927. The standard InChI is InChI=1S/C16H26N2O/c1-5-12(2)13(3)18-16(19)15-9-7-6-8-14(15)10-11-17-4/h6-9,12-13,17H,5,10-11H2,1-4H3,(H,18,19). The molecule has 0 aliphatic heterocycles. The molecule has 0 saturated carbocycles. The van der Waals surface area contributed by atoms with Gasteiger partial charge >= 0.3 is 0 Å². The Morgan fingerprint density at radius 1 is 1.26 bits per heavy atom. The highest BCUT2D eigenvalue weighted by Gasteiger charge is 2.16. The fraction of sp³-hybridized carbons (Fsp3) is 0.562. The lowest BCUT2D eigenvalue weighted by Gasteiger charge is -2.20. The second kappa shape index (κ2) is 7.95. The molecule has 0 bridgehead atoms. The van der Waals surface area contributed by atoms with Gasteiger partial charge in [0.1, 0.15) is 0 Å². The Labute approximate surface area is 116 Å². The Kier molecular flexibility index (Phi) is 6.57. The summed E-state index contributed by atoms with van der Waals surface area (Å²) >= 11 is 0. The Bertz CT molecular complexity index is 403. The number of amides is 1. The molecular weight excluding hydrogens is 236 g/mol. The molecule has 0 aliphatic rings. The van der Waals surface area contributed by atoms with Crippen LogP contribution in [0.3, 0.4) is 0 Å². The number of carbonyl (C=O) groups excluding carboxylic acids is 1. The number of hydrogen-bond acceptors (Lipinski definition) is 2. The van der Waals surface area contributed by atoms with Gasteiger partial charge in [-0.1, -0.05) is 38.5 Å². The van der Waals surface area contributed by atoms with Gasteiger partial charge < -0.3 is 10.6 Å². The topological polar surface area (TPSA) is 41.1 Å². The van der Waals surface area contributed by atoms with Crippen molar-refractivity contribution in [1.29, 1.82) is 0 Å². The van der Waals surface area contributed by atoms with Crippen molar-refractivity contribution in [2.45, 2.75) is 39.7 Å². The largest absolute Gasteiger partial charge is 0.349 e. The Balaban J connectivity index is 2.76. The highest BCUT2D eigenvalue weighted by molar-refractivity contribution is 5.95. The summed E-state index contributed by atoms with van der Waals surface area (Å²) in [5, 5.41) is 6.22. The highest BCUT2D eigenvalue weighted by atomic mass is 16.1. The van der Waals surface area contributed by atoms with E-state index in [-0.39, 0.29) is 11.9 Å². The third-order valence-electron chi connectivity index (χ3n) is 3.76. The lowest BCUT2D eigenvalue weighted by Crippen LogP contribution is -2.37. The number of carbonyl (C=O) groups is 1. The zero-order valence-corrected chi connectivity index (χ0v) is 12.5. The third kappa shape index (κ3) is 4.67. The summed E-state index contributed by atoms with van der Waals surface area (Å²) < 4.78 is 0. The van der Waals surface area contributed by atoms with Gasteiger partial charge in [-0.05, 0) is 44.5 Å². The maximum absolute atomic E-state index is 12.3. The molecule has 0 aliphatic carbocycles. The van der Waals surface area contributed by atoms with E-state index in [1.807, 2.05) is 31.3 Å². The van der Waals surface area contributed by atoms with Gasteiger partial charge in [-0.15, -0.1) is 0 Å². The average molecular weight is 262 g/mol. The molecule has 2 unspecified atom stereocenters. The van der Waals surface area contributed by atoms with Crippen LogP contribution in [0.25, 0.3) is 0 Å². The van der Waals surface area contributed by atoms with Crippen LogP contribution in [-0.4, -0.2) is 25.5 Å². The number of likely N-dealkylation sites (N-methyl/N-ethyl adjacent to an activating group) is 1. The van der Waals surface area contributed by atoms with Crippen LogP contribution in [0.5, 0.6) is 0 Å². The van der Waals surface area contributed by atoms with Crippen molar-refractivity contribution in [2.75, 3.05) is 13.6 Å². The van der Waals surface area contributed by atoms with Gasteiger partial charge in [0, 0.05) is 11.6 Å². The summed E-state index contributed by atoms with van der Waals surface area (Å²) in [7, 11) is 1.92. The molecule has 2 N–H and O–H groups in total. The molecule has 1 aromatic carbocycles. The molecule has 1 aromatic rings. The summed E-state index contributed by atoms with van der Waals surface area (Å²) in [6, 6.07) is 8.05. The van der Waals surface area contributed by atoms with Crippen molar-refractivity contribution in [3.8, 4) is 0 Å². The maximum Gasteiger partial charge on any atom is 0.251 e. The molecule has 106 valence electrons. The van der Waals surface area contributed by atoms with E-state index in [1.54, 1.807) is 0 Å². The van der Waals surface area contributed by atoms with Gasteiger partial charge in [0.05, 0.1) is 0 Å². The SMILES string of the molecule is CCC(C)C(C)NC(=O)c1ccccc1CCNC. The third-order valence-corrected chi connectivity index (χ3v) is 3.76. The second-order valence-corrected chi connectivity index (χ2v) is 5.16. The van der Waals surface area contributed by atoms with E-state index in [0.29, 0.717) is 5.92 Å². The van der Waals surface area contributed by atoms with Crippen LogP contribution >= 0.6 is 0 Å². The minimum Gasteiger partial charge on any atom is -0.349 e. The van der Waals surface area contributed by atoms with Crippen molar-refractivity contribution in [1.82, 2.24) is 10.6 Å². The van der Waals surface area contributed by atoms with Crippen LogP contribution in [0.2, 0.25) is 0 Å². The van der Waals surface area contributed by atoms with Gasteiger partial charge in [-0.2, -0.15) is 0 Å². The highest BCUT2D eigenvalue weighted by Crippen LogP contribution is 2.12. The predicted octanol–water partition coefficient (Wildman–Crippen LogP) is 2.61. The smallest absolute Gasteiger partial charge is 0.251 e.